The zero-order valence-corrected chi connectivity index (χ0v) is 18.2. The van der Waals surface area contributed by atoms with Crippen LogP contribution in [-0.2, 0) is 0 Å². The van der Waals surface area contributed by atoms with Crippen LogP contribution in [0.2, 0.25) is 0 Å². The third-order valence-electron chi connectivity index (χ3n) is 5.22. The van der Waals surface area contributed by atoms with Gasteiger partial charge in [-0.1, -0.05) is 0 Å². The van der Waals surface area contributed by atoms with E-state index >= 15 is 0 Å². The molecule has 10 heteroatoms. The molecular weight excluding hydrogens is 452 g/mol. The normalized spacial score (nSPS) is 18.1. The standard InChI is InChI=1S/C19H21BrN8S/c20-17(22)10-29-12-27-6-3-13(8-27)16(1-4-21)28-9-14(7-26-28)18-15-2-5-23-19(15)25-11-24-18/h2,5,7,9,11,13,16,22H,1,3,6,8,10,12H2,(H,23,24,25). The van der Waals surface area contributed by atoms with Gasteiger partial charge in [-0.05, 0) is 40.9 Å². The summed E-state index contributed by atoms with van der Waals surface area (Å²) in [5, 5.41) is 22.4. The first kappa shape index (κ1) is 20.1. The van der Waals surface area contributed by atoms with E-state index in [1.54, 1.807) is 18.1 Å². The molecule has 4 rings (SSSR count). The van der Waals surface area contributed by atoms with Gasteiger partial charge < -0.3 is 4.98 Å². The van der Waals surface area contributed by atoms with Crippen molar-refractivity contribution in [3.8, 4) is 17.3 Å². The molecule has 0 amide bonds. The summed E-state index contributed by atoms with van der Waals surface area (Å²) in [5.41, 5.74) is 2.58. The Kier molecular flexibility index (Phi) is 6.28. The summed E-state index contributed by atoms with van der Waals surface area (Å²) >= 11 is 4.92. The van der Waals surface area contributed by atoms with E-state index in [0.29, 0.717) is 22.7 Å². The van der Waals surface area contributed by atoms with E-state index in [2.05, 4.69) is 46.9 Å². The molecule has 4 heterocycles. The minimum absolute atomic E-state index is 0.0433. The molecule has 0 spiro atoms. The van der Waals surface area contributed by atoms with Gasteiger partial charge in [-0.15, -0.1) is 11.8 Å². The van der Waals surface area contributed by atoms with Crippen LogP contribution >= 0.6 is 27.7 Å². The van der Waals surface area contributed by atoms with Gasteiger partial charge in [-0.3, -0.25) is 15.0 Å². The SMILES string of the molecule is N#CCC(C1CCN(CSCC(=N)Br)C1)n1cc(-c2ncnc3[nH]ccc23)cn1. The van der Waals surface area contributed by atoms with Gasteiger partial charge in [-0.25, -0.2) is 9.97 Å². The van der Waals surface area contributed by atoms with Crippen molar-refractivity contribution >= 4 is 43.3 Å². The van der Waals surface area contributed by atoms with Crippen molar-refractivity contribution in [2.24, 2.45) is 5.92 Å². The fourth-order valence-corrected chi connectivity index (χ4v) is 5.12. The Morgan fingerprint density at radius 1 is 1.48 bits per heavy atom. The van der Waals surface area contributed by atoms with Crippen LogP contribution in [0.1, 0.15) is 18.9 Å². The Bertz CT molecular complexity index is 1040. The van der Waals surface area contributed by atoms with Crippen LogP contribution in [-0.4, -0.2) is 59.0 Å². The number of hydrogen-bond acceptors (Lipinski definition) is 7. The highest BCUT2D eigenvalue weighted by molar-refractivity contribution is 9.18. The van der Waals surface area contributed by atoms with Crippen molar-refractivity contribution in [3.05, 3.63) is 31.0 Å². The second kappa shape index (κ2) is 9.07. The predicted octanol–water partition coefficient (Wildman–Crippen LogP) is 3.66. The number of thioether (sulfide) groups is 1. The molecule has 29 heavy (non-hydrogen) atoms. The largest absolute Gasteiger partial charge is 0.346 e. The van der Waals surface area contributed by atoms with Gasteiger partial charge >= 0.3 is 0 Å². The van der Waals surface area contributed by atoms with Crippen molar-refractivity contribution in [1.82, 2.24) is 29.6 Å². The zero-order valence-electron chi connectivity index (χ0n) is 15.8. The Balaban J connectivity index is 1.49. The molecule has 150 valence electrons. The molecule has 8 nitrogen and oxygen atoms in total. The molecule has 2 unspecified atom stereocenters. The van der Waals surface area contributed by atoms with E-state index in [1.807, 2.05) is 29.3 Å². The van der Waals surface area contributed by atoms with Crippen molar-refractivity contribution in [2.45, 2.75) is 18.9 Å². The van der Waals surface area contributed by atoms with Crippen LogP contribution in [0.5, 0.6) is 0 Å². The first-order valence-electron chi connectivity index (χ1n) is 9.38. The molecule has 0 aliphatic carbocycles. The van der Waals surface area contributed by atoms with Gasteiger partial charge in [0.15, 0.2) is 0 Å². The smallest absolute Gasteiger partial charge is 0.141 e. The predicted molar refractivity (Wildman–Crippen MR) is 118 cm³/mol. The Hall–Kier alpha value is -2.22. The quantitative estimate of drug-likeness (QED) is 0.483. The molecule has 1 aliphatic rings. The number of fused-ring (bicyclic) bond motifs is 1. The van der Waals surface area contributed by atoms with Gasteiger partial charge in [0.2, 0.25) is 0 Å². The summed E-state index contributed by atoms with van der Waals surface area (Å²) in [6, 6.07) is 4.35. The Labute approximate surface area is 181 Å². The molecule has 2 N–H and O–H groups in total. The lowest BCUT2D eigenvalue weighted by molar-refractivity contribution is 0.297. The van der Waals surface area contributed by atoms with E-state index in [1.165, 1.54) is 0 Å². The third-order valence-corrected chi connectivity index (χ3v) is 6.92. The first-order chi connectivity index (χ1) is 14.2. The molecule has 1 aliphatic heterocycles. The average molecular weight is 473 g/mol. The number of likely N-dealkylation sites (tertiary alicyclic amines) is 1. The Morgan fingerprint density at radius 2 is 2.38 bits per heavy atom. The second-order valence-corrected chi connectivity index (χ2v) is 9.02. The molecule has 1 saturated heterocycles. The monoisotopic (exact) mass is 472 g/mol. The second-order valence-electron chi connectivity index (χ2n) is 7.11. The topological polar surface area (TPSA) is 110 Å². The first-order valence-corrected chi connectivity index (χ1v) is 11.3. The van der Waals surface area contributed by atoms with Crippen molar-refractivity contribution in [2.75, 3.05) is 24.7 Å². The maximum atomic E-state index is 9.40. The lowest BCUT2D eigenvalue weighted by atomic mass is 9.97. The number of nitrogens with zero attached hydrogens (tertiary/aromatic N) is 6. The number of nitriles is 1. The fourth-order valence-electron chi connectivity index (χ4n) is 3.87. The highest BCUT2D eigenvalue weighted by Gasteiger charge is 2.31. The van der Waals surface area contributed by atoms with Gasteiger partial charge in [-0.2, -0.15) is 10.4 Å². The van der Waals surface area contributed by atoms with Gasteiger partial charge in [0.25, 0.3) is 0 Å². The number of H-pyrrole nitrogens is 1. The minimum atomic E-state index is 0.0433. The number of nitrogens with one attached hydrogen (secondary N) is 2. The number of halogens is 1. The van der Waals surface area contributed by atoms with Gasteiger partial charge in [0.05, 0.1) is 35.0 Å². The van der Waals surface area contributed by atoms with Crippen LogP contribution in [0.4, 0.5) is 0 Å². The van der Waals surface area contributed by atoms with E-state index in [-0.39, 0.29) is 6.04 Å². The lowest BCUT2D eigenvalue weighted by Gasteiger charge is -2.22. The molecule has 3 aromatic rings. The highest BCUT2D eigenvalue weighted by atomic mass is 79.9. The lowest BCUT2D eigenvalue weighted by Crippen LogP contribution is -2.25. The van der Waals surface area contributed by atoms with Crippen LogP contribution in [0, 0.1) is 22.7 Å². The molecule has 0 saturated carbocycles. The summed E-state index contributed by atoms with van der Waals surface area (Å²) in [6.45, 7) is 1.96. The number of rotatable bonds is 8. The maximum absolute atomic E-state index is 9.40. The van der Waals surface area contributed by atoms with E-state index in [9.17, 15) is 5.26 Å². The zero-order chi connectivity index (χ0) is 20.2. The molecule has 0 bridgehead atoms. The van der Waals surface area contributed by atoms with Crippen molar-refractivity contribution in [1.29, 1.82) is 10.7 Å². The van der Waals surface area contributed by atoms with Gasteiger partial charge in [0, 0.05) is 41.5 Å². The van der Waals surface area contributed by atoms with E-state index in [0.717, 1.165) is 47.7 Å². The number of hydrogen-bond donors (Lipinski definition) is 2. The molecule has 1 fully saturated rings. The summed E-state index contributed by atoms with van der Waals surface area (Å²) in [4.78, 5) is 14.2. The van der Waals surface area contributed by atoms with E-state index < -0.39 is 0 Å². The van der Waals surface area contributed by atoms with E-state index in [4.69, 9.17) is 5.41 Å². The summed E-state index contributed by atoms with van der Waals surface area (Å²) < 4.78 is 2.46. The van der Waals surface area contributed by atoms with Gasteiger partial charge in [0.1, 0.15) is 12.0 Å². The molecule has 2 atom stereocenters. The fraction of sp³-hybridized carbons (Fsp3) is 0.421. The Morgan fingerprint density at radius 3 is 3.21 bits per heavy atom. The third kappa shape index (κ3) is 4.52. The van der Waals surface area contributed by atoms with Crippen LogP contribution in [0.3, 0.4) is 0 Å². The average Bonchev–Trinajstić information content (AvgIpc) is 3.45. The summed E-state index contributed by atoms with van der Waals surface area (Å²) in [7, 11) is 0. The number of aromatic nitrogens is 5. The van der Waals surface area contributed by atoms with Crippen molar-refractivity contribution < 1.29 is 0 Å². The molecule has 3 aromatic heterocycles. The minimum Gasteiger partial charge on any atom is -0.346 e. The molecular formula is C19H21BrN8S. The van der Waals surface area contributed by atoms with Crippen LogP contribution < -0.4 is 0 Å². The van der Waals surface area contributed by atoms with Crippen LogP contribution in [0.25, 0.3) is 22.3 Å². The summed E-state index contributed by atoms with van der Waals surface area (Å²) in [5.74, 6) is 1.97. The van der Waals surface area contributed by atoms with Crippen LogP contribution in [0.15, 0.2) is 31.0 Å². The molecule has 0 aromatic carbocycles. The highest BCUT2D eigenvalue weighted by Crippen LogP contribution is 2.32. The number of aromatic amines is 1. The summed E-state index contributed by atoms with van der Waals surface area (Å²) in [6.07, 6.45) is 8.71. The maximum Gasteiger partial charge on any atom is 0.141 e. The molecule has 0 radical (unpaired) electrons. The van der Waals surface area contributed by atoms with Crippen molar-refractivity contribution in [3.63, 3.8) is 0 Å².